The first-order chi connectivity index (χ1) is 8.52. The molecule has 0 saturated heterocycles. The Balaban J connectivity index is 2.54. The number of aromatic nitrogens is 2. The van der Waals surface area contributed by atoms with Gasteiger partial charge in [-0.25, -0.2) is 14.4 Å². The number of rotatable bonds is 2. The van der Waals surface area contributed by atoms with E-state index in [1.54, 1.807) is 19.1 Å². The highest BCUT2D eigenvalue weighted by Gasteiger charge is 2.12. The van der Waals surface area contributed by atoms with E-state index in [0.29, 0.717) is 33.7 Å². The summed E-state index contributed by atoms with van der Waals surface area (Å²) in [5.74, 6) is 0.145. The van der Waals surface area contributed by atoms with Gasteiger partial charge >= 0.3 is 0 Å². The summed E-state index contributed by atoms with van der Waals surface area (Å²) in [4.78, 5) is 8.39. The molecular weight excluding hydrogens is 274 g/mol. The van der Waals surface area contributed by atoms with Crippen LogP contribution in [0.4, 0.5) is 4.39 Å². The molecule has 0 aliphatic heterocycles. The molecule has 0 N–H and O–H groups in total. The average Bonchev–Trinajstić information content (AvgIpc) is 2.32. The van der Waals surface area contributed by atoms with Crippen molar-refractivity contribution in [2.45, 2.75) is 20.3 Å². The van der Waals surface area contributed by atoms with Crippen molar-refractivity contribution in [2.24, 2.45) is 0 Å². The molecule has 0 atom stereocenters. The summed E-state index contributed by atoms with van der Waals surface area (Å²) in [6.07, 6.45) is 0.667. The number of benzene rings is 1. The van der Waals surface area contributed by atoms with Crippen molar-refractivity contribution in [3.63, 3.8) is 0 Å². The number of hydrogen-bond acceptors (Lipinski definition) is 2. The largest absolute Gasteiger partial charge is 0.216 e. The molecule has 0 spiro atoms. The van der Waals surface area contributed by atoms with Gasteiger partial charge < -0.3 is 0 Å². The maximum atomic E-state index is 13.2. The molecule has 0 radical (unpaired) electrons. The highest BCUT2D eigenvalue weighted by molar-refractivity contribution is 6.34. The quantitative estimate of drug-likeness (QED) is 0.761. The lowest BCUT2D eigenvalue weighted by atomic mass is 10.1. The van der Waals surface area contributed by atoms with Crippen LogP contribution in [-0.4, -0.2) is 9.97 Å². The Morgan fingerprint density at radius 1 is 1.17 bits per heavy atom. The normalized spacial score (nSPS) is 10.7. The maximum absolute atomic E-state index is 13.2. The predicted octanol–water partition coefficient (Wildman–Crippen LogP) is 4.46. The fourth-order valence-corrected chi connectivity index (χ4v) is 2.29. The first-order valence-corrected chi connectivity index (χ1v) is 6.27. The van der Waals surface area contributed by atoms with Crippen LogP contribution in [0.25, 0.3) is 11.4 Å². The fourth-order valence-electron chi connectivity index (χ4n) is 1.64. The van der Waals surface area contributed by atoms with Gasteiger partial charge in [-0.15, -0.1) is 0 Å². The second kappa shape index (κ2) is 5.21. The van der Waals surface area contributed by atoms with Crippen LogP contribution in [0.1, 0.15) is 18.1 Å². The molecular formula is C13H11Cl2FN2. The Hall–Kier alpha value is -1.19. The van der Waals surface area contributed by atoms with Crippen LogP contribution < -0.4 is 0 Å². The third-order valence-electron chi connectivity index (χ3n) is 2.68. The molecule has 2 aromatic rings. The summed E-state index contributed by atoms with van der Waals surface area (Å²) in [5.41, 5.74) is 1.95. The number of halogens is 3. The molecule has 0 unspecified atom stereocenters. The zero-order chi connectivity index (χ0) is 13.3. The summed E-state index contributed by atoms with van der Waals surface area (Å²) in [7, 11) is 0. The van der Waals surface area contributed by atoms with Crippen molar-refractivity contribution >= 4 is 23.2 Å². The van der Waals surface area contributed by atoms with Gasteiger partial charge in [0, 0.05) is 11.1 Å². The molecule has 1 aromatic carbocycles. The Morgan fingerprint density at radius 2 is 1.78 bits per heavy atom. The van der Waals surface area contributed by atoms with E-state index in [1.807, 2.05) is 6.92 Å². The standard InChI is InChI=1S/C13H11Cl2FN2/c1-3-9-11(14)17-13(18-12(9)15)8-4-5-10(16)7(2)6-8/h4-6H,3H2,1-2H3. The summed E-state index contributed by atoms with van der Waals surface area (Å²) in [5, 5.41) is 0.684. The topological polar surface area (TPSA) is 25.8 Å². The van der Waals surface area contributed by atoms with E-state index in [-0.39, 0.29) is 5.82 Å². The Morgan fingerprint density at radius 3 is 2.28 bits per heavy atom. The highest BCUT2D eigenvalue weighted by atomic mass is 35.5. The third-order valence-corrected chi connectivity index (χ3v) is 3.30. The monoisotopic (exact) mass is 284 g/mol. The first kappa shape index (κ1) is 13.2. The summed E-state index contributed by atoms with van der Waals surface area (Å²) < 4.78 is 13.2. The molecule has 1 aromatic heterocycles. The van der Waals surface area contributed by atoms with Crippen LogP contribution in [0.3, 0.4) is 0 Å². The van der Waals surface area contributed by atoms with E-state index in [1.165, 1.54) is 6.07 Å². The predicted molar refractivity (Wildman–Crippen MR) is 71.6 cm³/mol. The van der Waals surface area contributed by atoms with Crippen LogP contribution in [-0.2, 0) is 6.42 Å². The van der Waals surface area contributed by atoms with Crippen molar-refractivity contribution in [2.75, 3.05) is 0 Å². The van der Waals surface area contributed by atoms with E-state index in [4.69, 9.17) is 23.2 Å². The molecule has 18 heavy (non-hydrogen) atoms. The van der Waals surface area contributed by atoms with Crippen LogP contribution in [0.2, 0.25) is 10.3 Å². The van der Waals surface area contributed by atoms with Gasteiger partial charge in [0.05, 0.1) is 0 Å². The fraction of sp³-hybridized carbons (Fsp3) is 0.231. The van der Waals surface area contributed by atoms with E-state index in [2.05, 4.69) is 9.97 Å². The molecule has 0 aliphatic carbocycles. The minimum Gasteiger partial charge on any atom is -0.216 e. The molecule has 5 heteroatoms. The molecule has 2 nitrogen and oxygen atoms in total. The summed E-state index contributed by atoms with van der Waals surface area (Å²) >= 11 is 12.1. The second-order valence-electron chi connectivity index (χ2n) is 3.92. The van der Waals surface area contributed by atoms with Gasteiger partial charge in [0.2, 0.25) is 0 Å². The van der Waals surface area contributed by atoms with Gasteiger partial charge in [0.15, 0.2) is 5.82 Å². The Labute approximate surface area is 115 Å². The molecule has 2 rings (SSSR count). The highest BCUT2D eigenvalue weighted by Crippen LogP contribution is 2.26. The van der Waals surface area contributed by atoms with E-state index in [0.717, 1.165) is 5.56 Å². The first-order valence-electron chi connectivity index (χ1n) is 5.51. The van der Waals surface area contributed by atoms with Crippen molar-refractivity contribution in [1.29, 1.82) is 0 Å². The third kappa shape index (κ3) is 2.47. The van der Waals surface area contributed by atoms with Gasteiger partial charge in [-0.05, 0) is 37.1 Å². The van der Waals surface area contributed by atoms with Gasteiger partial charge in [-0.2, -0.15) is 0 Å². The molecule has 94 valence electrons. The zero-order valence-corrected chi connectivity index (χ0v) is 11.5. The Bertz CT molecular complexity index is 577. The minimum absolute atomic E-state index is 0.263. The lowest BCUT2D eigenvalue weighted by Gasteiger charge is -2.07. The van der Waals surface area contributed by atoms with E-state index < -0.39 is 0 Å². The van der Waals surface area contributed by atoms with Crippen LogP contribution in [0.15, 0.2) is 18.2 Å². The van der Waals surface area contributed by atoms with Crippen LogP contribution in [0, 0.1) is 12.7 Å². The van der Waals surface area contributed by atoms with Gasteiger partial charge in [-0.3, -0.25) is 0 Å². The number of nitrogens with zero attached hydrogens (tertiary/aromatic N) is 2. The zero-order valence-electron chi connectivity index (χ0n) is 9.97. The number of hydrogen-bond donors (Lipinski definition) is 0. The lowest BCUT2D eigenvalue weighted by Crippen LogP contribution is -1.97. The minimum atomic E-state index is -0.263. The van der Waals surface area contributed by atoms with Gasteiger partial charge in [0.25, 0.3) is 0 Å². The molecule has 0 aliphatic rings. The molecule has 0 bridgehead atoms. The molecule has 0 saturated carbocycles. The Kier molecular flexibility index (Phi) is 3.83. The summed E-state index contributed by atoms with van der Waals surface area (Å²) in [6.45, 7) is 3.61. The van der Waals surface area contributed by atoms with Crippen molar-refractivity contribution in [1.82, 2.24) is 9.97 Å². The van der Waals surface area contributed by atoms with E-state index in [9.17, 15) is 4.39 Å². The average molecular weight is 285 g/mol. The van der Waals surface area contributed by atoms with Crippen molar-refractivity contribution in [3.8, 4) is 11.4 Å². The smallest absolute Gasteiger partial charge is 0.162 e. The maximum Gasteiger partial charge on any atom is 0.162 e. The van der Waals surface area contributed by atoms with E-state index >= 15 is 0 Å². The van der Waals surface area contributed by atoms with Gasteiger partial charge in [0.1, 0.15) is 16.1 Å². The lowest BCUT2D eigenvalue weighted by molar-refractivity contribution is 0.618. The van der Waals surface area contributed by atoms with Crippen LogP contribution >= 0.6 is 23.2 Å². The second-order valence-corrected chi connectivity index (χ2v) is 4.64. The van der Waals surface area contributed by atoms with Crippen LogP contribution in [0.5, 0.6) is 0 Å². The van der Waals surface area contributed by atoms with Crippen molar-refractivity contribution < 1.29 is 4.39 Å². The molecule has 0 amide bonds. The SMILES string of the molecule is CCc1c(Cl)nc(-c2ccc(F)c(C)c2)nc1Cl. The number of aryl methyl sites for hydroxylation is 1. The summed E-state index contributed by atoms with van der Waals surface area (Å²) in [6, 6.07) is 4.66. The molecule has 1 heterocycles. The molecule has 0 fully saturated rings. The van der Waals surface area contributed by atoms with Crippen molar-refractivity contribution in [3.05, 3.63) is 45.4 Å². The van der Waals surface area contributed by atoms with Gasteiger partial charge in [-0.1, -0.05) is 30.1 Å².